The number of halogens is 2. The van der Waals surface area contributed by atoms with Crippen LogP contribution < -0.4 is 0 Å². The van der Waals surface area contributed by atoms with Crippen LogP contribution in [0.4, 0.5) is 13.6 Å². The maximum Gasteiger partial charge on any atom is 0.302 e. The minimum absolute atomic E-state index is 0.131. The molecule has 2 atom stereocenters. The van der Waals surface area contributed by atoms with E-state index >= 15 is 0 Å². The molecule has 0 spiro atoms. The van der Waals surface area contributed by atoms with Gasteiger partial charge in [-0.3, -0.25) is 4.79 Å². The summed E-state index contributed by atoms with van der Waals surface area (Å²) in [6.45, 7) is 0.323. The molecule has 2 N–H and O–H groups in total. The van der Waals surface area contributed by atoms with Crippen LogP contribution in [0.3, 0.4) is 0 Å². The van der Waals surface area contributed by atoms with E-state index in [1.165, 1.54) is 41.7 Å². The number of thioether (sulfide) groups is 1. The predicted octanol–water partition coefficient (Wildman–Crippen LogP) is 4.19. The third kappa shape index (κ3) is 4.95. The number of nitrogens with zero attached hydrogens (tertiary/aromatic N) is 4. The molecule has 0 bridgehead atoms. The van der Waals surface area contributed by atoms with Gasteiger partial charge in [-0.15, -0.1) is 16.4 Å². The number of carbonyl (C=O) groups is 1. The highest BCUT2D eigenvalue weighted by molar-refractivity contribution is 8.13. The van der Waals surface area contributed by atoms with Crippen molar-refractivity contribution in [1.29, 1.82) is 0 Å². The third-order valence-electron chi connectivity index (χ3n) is 4.85. The zero-order valence-electron chi connectivity index (χ0n) is 16.6. The Labute approximate surface area is 190 Å². The molecule has 7 nitrogen and oxygen atoms in total. The second-order valence-corrected chi connectivity index (χ2v) is 9.06. The van der Waals surface area contributed by atoms with Crippen molar-refractivity contribution < 1.29 is 18.7 Å². The fraction of sp³-hybridized carbons (Fsp3) is 0.238. The van der Waals surface area contributed by atoms with Gasteiger partial charge < -0.3 is 10.0 Å². The summed E-state index contributed by atoms with van der Waals surface area (Å²) in [5, 5.41) is 23.6. The Morgan fingerprint density at radius 2 is 2.09 bits per heavy atom. The van der Waals surface area contributed by atoms with E-state index in [2.05, 4.69) is 20.6 Å². The van der Waals surface area contributed by atoms with Gasteiger partial charge in [0.1, 0.15) is 6.10 Å². The van der Waals surface area contributed by atoms with E-state index in [0.717, 1.165) is 27.6 Å². The van der Waals surface area contributed by atoms with Crippen LogP contribution in [0.1, 0.15) is 10.4 Å². The van der Waals surface area contributed by atoms with Crippen molar-refractivity contribution in [2.75, 3.05) is 12.3 Å². The van der Waals surface area contributed by atoms with Gasteiger partial charge in [0, 0.05) is 22.7 Å². The van der Waals surface area contributed by atoms with E-state index in [1.54, 1.807) is 11.0 Å². The van der Waals surface area contributed by atoms with Crippen molar-refractivity contribution in [3.8, 4) is 10.7 Å². The highest BCUT2D eigenvalue weighted by Crippen LogP contribution is 2.33. The SMILES string of the molecule is O=C1SCC(C=CC(O)C(F)(F)c2ccccc2)N1CC=Cc1ccc(-c2nnn[nH]2)s1. The van der Waals surface area contributed by atoms with Crippen LogP contribution in [0, 0.1) is 0 Å². The fourth-order valence-electron chi connectivity index (χ4n) is 3.14. The fourth-order valence-corrected chi connectivity index (χ4v) is 4.99. The molecule has 3 aromatic rings. The lowest BCUT2D eigenvalue weighted by Gasteiger charge is -2.22. The average Bonchev–Trinajstić information content (AvgIpc) is 3.55. The first-order valence-corrected chi connectivity index (χ1v) is 11.5. The highest BCUT2D eigenvalue weighted by Gasteiger charge is 2.39. The Morgan fingerprint density at radius 1 is 1.28 bits per heavy atom. The molecule has 11 heteroatoms. The summed E-state index contributed by atoms with van der Waals surface area (Å²) in [5.41, 5.74) is -0.259. The summed E-state index contributed by atoms with van der Waals surface area (Å²) in [7, 11) is 0. The lowest BCUT2D eigenvalue weighted by atomic mass is 10.0. The highest BCUT2D eigenvalue weighted by atomic mass is 32.2. The Kier molecular flexibility index (Phi) is 6.77. The standard InChI is InChI=1S/C21H19F2N5O2S2/c22-21(23,14-5-2-1-3-6-14)18(29)11-8-15-13-31-20(30)28(15)12-4-7-16-9-10-17(32-16)19-24-26-27-25-19/h1-11,15,18,29H,12-13H2,(H,24,25,26,27). The van der Waals surface area contributed by atoms with Gasteiger partial charge in [-0.1, -0.05) is 60.3 Å². The number of carbonyl (C=O) groups excluding carboxylic acids is 1. The average molecular weight is 476 g/mol. The summed E-state index contributed by atoms with van der Waals surface area (Å²) >= 11 is 2.62. The van der Waals surface area contributed by atoms with Crippen molar-refractivity contribution in [2.45, 2.75) is 18.1 Å². The van der Waals surface area contributed by atoms with E-state index in [1.807, 2.05) is 24.3 Å². The maximum absolute atomic E-state index is 14.5. The largest absolute Gasteiger partial charge is 0.382 e. The van der Waals surface area contributed by atoms with Crippen LogP contribution in [0.2, 0.25) is 0 Å². The van der Waals surface area contributed by atoms with Crippen LogP contribution in [-0.4, -0.2) is 60.3 Å². The number of H-pyrrole nitrogens is 1. The number of aromatic nitrogens is 4. The van der Waals surface area contributed by atoms with Crippen molar-refractivity contribution >= 4 is 34.4 Å². The van der Waals surface area contributed by atoms with Gasteiger partial charge in [-0.05, 0) is 28.6 Å². The number of amides is 1. The molecule has 1 aliphatic heterocycles. The Bertz CT molecular complexity index is 1100. The molecule has 1 aromatic carbocycles. The van der Waals surface area contributed by atoms with Crippen LogP contribution in [-0.2, 0) is 5.92 Å². The molecule has 166 valence electrons. The second kappa shape index (κ2) is 9.72. The van der Waals surface area contributed by atoms with Crippen molar-refractivity contribution in [2.24, 2.45) is 0 Å². The van der Waals surface area contributed by atoms with E-state index in [4.69, 9.17) is 0 Å². The minimum atomic E-state index is -3.42. The van der Waals surface area contributed by atoms with Crippen LogP contribution in [0.5, 0.6) is 0 Å². The third-order valence-corrected chi connectivity index (χ3v) is 6.89. The first-order chi connectivity index (χ1) is 15.4. The molecule has 32 heavy (non-hydrogen) atoms. The van der Waals surface area contributed by atoms with E-state index in [0.29, 0.717) is 18.1 Å². The van der Waals surface area contributed by atoms with Crippen molar-refractivity contribution in [1.82, 2.24) is 25.5 Å². The zero-order valence-corrected chi connectivity index (χ0v) is 18.3. The number of alkyl halides is 2. The number of aliphatic hydroxyl groups excluding tert-OH is 1. The van der Waals surface area contributed by atoms with Gasteiger partial charge in [-0.2, -0.15) is 8.78 Å². The first kappa shape index (κ1) is 22.3. The number of hydrogen-bond donors (Lipinski definition) is 2. The number of hydrogen-bond acceptors (Lipinski definition) is 7. The number of tetrazole rings is 1. The molecule has 0 radical (unpaired) electrons. The van der Waals surface area contributed by atoms with Gasteiger partial charge in [0.2, 0.25) is 0 Å². The predicted molar refractivity (Wildman–Crippen MR) is 120 cm³/mol. The van der Waals surface area contributed by atoms with E-state index < -0.39 is 12.0 Å². The number of nitrogens with one attached hydrogen (secondary N) is 1. The molecule has 1 aliphatic rings. The normalized spacial score (nSPS) is 18.3. The molecule has 1 fully saturated rings. The lowest BCUT2D eigenvalue weighted by molar-refractivity contribution is -0.0929. The summed E-state index contributed by atoms with van der Waals surface area (Å²) in [4.78, 5) is 15.7. The summed E-state index contributed by atoms with van der Waals surface area (Å²) in [5.74, 6) is -2.40. The number of rotatable bonds is 8. The van der Waals surface area contributed by atoms with Crippen LogP contribution in [0.25, 0.3) is 16.8 Å². The maximum atomic E-state index is 14.5. The van der Waals surface area contributed by atoms with E-state index in [9.17, 15) is 18.7 Å². The quantitative estimate of drug-likeness (QED) is 0.475. The molecular weight excluding hydrogens is 456 g/mol. The monoisotopic (exact) mass is 475 g/mol. The number of aromatic amines is 1. The van der Waals surface area contributed by atoms with Gasteiger partial charge >= 0.3 is 5.92 Å². The topological polar surface area (TPSA) is 95.0 Å². The molecule has 1 saturated heterocycles. The van der Waals surface area contributed by atoms with Gasteiger partial charge in [0.15, 0.2) is 5.82 Å². The minimum Gasteiger partial charge on any atom is -0.382 e. The molecule has 0 saturated carbocycles. The van der Waals surface area contributed by atoms with E-state index in [-0.39, 0.29) is 16.8 Å². The molecule has 0 aliphatic carbocycles. The summed E-state index contributed by atoms with van der Waals surface area (Å²) < 4.78 is 29.0. The molecule has 4 rings (SSSR count). The number of aliphatic hydroxyl groups is 1. The lowest BCUT2D eigenvalue weighted by Crippen LogP contribution is -2.33. The van der Waals surface area contributed by atoms with Gasteiger partial charge in [0.25, 0.3) is 5.24 Å². The second-order valence-electron chi connectivity index (χ2n) is 6.97. The number of benzene rings is 1. The Balaban J connectivity index is 1.38. The smallest absolute Gasteiger partial charge is 0.302 e. The molecule has 1 amide bonds. The zero-order chi connectivity index (χ0) is 22.6. The van der Waals surface area contributed by atoms with Crippen molar-refractivity contribution in [3.63, 3.8) is 0 Å². The van der Waals surface area contributed by atoms with Gasteiger partial charge in [-0.25, -0.2) is 5.10 Å². The van der Waals surface area contributed by atoms with Crippen LogP contribution in [0.15, 0.2) is 60.7 Å². The van der Waals surface area contributed by atoms with Gasteiger partial charge in [0.05, 0.1) is 10.9 Å². The van der Waals surface area contributed by atoms with Crippen LogP contribution >= 0.6 is 23.1 Å². The molecule has 2 unspecified atom stereocenters. The molecule has 3 heterocycles. The van der Waals surface area contributed by atoms with Crippen molar-refractivity contribution in [3.05, 3.63) is 71.1 Å². The molecule has 2 aromatic heterocycles. The Morgan fingerprint density at radius 3 is 2.84 bits per heavy atom. The first-order valence-electron chi connectivity index (χ1n) is 9.69. The summed E-state index contributed by atoms with van der Waals surface area (Å²) in [6.07, 6.45) is 4.29. The summed E-state index contributed by atoms with van der Waals surface area (Å²) in [6, 6.07) is 10.6. The number of thiophene rings is 1. The molecular formula is C21H19F2N5O2S2. The Hall–Kier alpha value is -2.89.